The number of piperidine rings is 2. The molecule has 45 heavy (non-hydrogen) atoms. The molecule has 0 aliphatic carbocycles. The third kappa shape index (κ3) is 7.96. The molecular formula is C36H46ClN7O. The van der Waals surface area contributed by atoms with Crippen LogP contribution in [0.5, 0.6) is 5.75 Å². The molecule has 0 bridgehead atoms. The number of nitrogens with one attached hydrogen (secondary N) is 1. The molecule has 0 saturated carbocycles. The molecule has 9 heteroatoms. The summed E-state index contributed by atoms with van der Waals surface area (Å²) < 4.78 is 6.13. The third-order valence-electron chi connectivity index (χ3n) is 10.0. The summed E-state index contributed by atoms with van der Waals surface area (Å²) in [5.74, 6) is 2.47. The fraction of sp³-hybridized carbons (Fsp3) is 0.528. The van der Waals surface area contributed by atoms with E-state index in [0.29, 0.717) is 23.4 Å². The van der Waals surface area contributed by atoms with Crippen molar-refractivity contribution >= 4 is 23.2 Å². The predicted octanol–water partition coefficient (Wildman–Crippen LogP) is 6.17. The average Bonchev–Trinajstić information content (AvgIpc) is 3.08. The van der Waals surface area contributed by atoms with Crippen LogP contribution in [0.1, 0.15) is 56.4 Å². The zero-order valence-electron chi connectivity index (χ0n) is 26.7. The number of ether oxygens (including phenoxy) is 1. The van der Waals surface area contributed by atoms with E-state index >= 15 is 0 Å². The van der Waals surface area contributed by atoms with Gasteiger partial charge in [0.25, 0.3) is 0 Å². The number of rotatable bonds is 9. The number of nitrogens with zero attached hydrogens (tertiary/aromatic N) is 6. The van der Waals surface area contributed by atoms with Crippen LogP contribution in [0.15, 0.2) is 54.7 Å². The van der Waals surface area contributed by atoms with E-state index in [9.17, 15) is 0 Å². The molecule has 3 aromatic rings. The molecule has 0 radical (unpaired) electrons. The summed E-state index contributed by atoms with van der Waals surface area (Å²) in [6, 6.07) is 16.3. The van der Waals surface area contributed by atoms with E-state index in [2.05, 4.69) is 55.8 Å². The van der Waals surface area contributed by atoms with Crippen molar-refractivity contribution in [2.45, 2.75) is 57.6 Å². The lowest BCUT2D eigenvalue weighted by Crippen LogP contribution is -2.54. The Bertz CT molecular complexity index is 1450. The highest BCUT2D eigenvalue weighted by Gasteiger charge is 2.29. The molecule has 0 unspecified atom stereocenters. The van der Waals surface area contributed by atoms with Crippen LogP contribution >= 0.6 is 11.6 Å². The van der Waals surface area contributed by atoms with Gasteiger partial charge in [0, 0.05) is 55.4 Å². The largest absolute Gasteiger partial charge is 0.487 e. The van der Waals surface area contributed by atoms with Gasteiger partial charge in [0.1, 0.15) is 12.4 Å². The molecule has 1 N–H and O–H groups in total. The molecule has 1 aromatic heterocycles. The Morgan fingerprint density at radius 3 is 2.38 bits per heavy atom. The minimum absolute atomic E-state index is 0.307. The van der Waals surface area contributed by atoms with E-state index in [1.807, 2.05) is 36.5 Å². The summed E-state index contributed by atoms with van der Waals surface area (Å²) in [6.07, 6.45) is 7.09. The lowest BCUT2D eigenvalue weighted by molar-refractivity contribution is 0.0907. The van der Waals surface area contributed by atoms with Gasteiger partial charge in [-0.05, 0) is 99.2 Å². The predicted molar refractivity (Wildman–Crippen MR) is 181 cm³/mol. The first-order chi connectivity index (χ1) is 21.9. The minimum atomic E-state index is -0.307. The van der Waals surface area contributed by atoms with Crippen LogP contribution in [0.3, 0.4) is 0 Å². The highest BCUT2D eigenvalue weighted by Crippen LogP contribution is 2.36. The molecule has 3 fully saturated rings. The van der Waals surface area contributed by atoms with Crippen molar-refractivity contribution in [3.8, 4) is 5.75 Å². The quantitative estimate of drug-likeness (QED) is 0.285. The molecule has 0 amide bonds. The van der Waals surface area contributed by atoms with Crippen LogP contribution in [0.25, 0.3) is 4.85 Å². The van der Waals surface area contributed by atoms with Crippen molar-refractivity contribution < 1.29 is 4.74 Å². The minimum Gasteiger partial charge on any atom is -0.487 e. The summed E-state index contributed by atoms with van der Waals surface area (Å²) in [7, 11) is 0. The SMILES string of the molecule is [C-]#[N+]c1cc(Cl)cc(C(C)(C)c2ccc(OCc3ccnc(N4CCN(C5CCN(CC6CCNCC6)CC5)CC4)n3)cc2)c1. The van der Waals surface area contributed by atoms with Crippen molar-refractivity contribution in [2.24, 2.45) is 5.92 Å². The molecule has 238 valence electrons. The molecule has 3 aliphatic heterocycles. The van der Waals surface area contributed by atoms with Gasteiger partial charge in [-0.3, -0.25) is 4.90 Å². The Labute approximate surface area is 273 Å². The fourth-order valence-electron chi connectivity index (χ4n) is 7.09. The molecule has 0 atom stereocenters. The zero-order valence-corrected chi connectivity index (χ0v) is 27.5. The zero-order chi connectivity index (χ0) is 31.2. The summed E-state index contributed by atoms with van der Waals surface area (Å²) in [5, 5.41) is 4.07. The number of hydrogen-bond donors (Lipinski definition) is 1. The molecule has 8 nitrogen and oxygen atoms in total. The van der Waals surface area contributed by atoms with Crippen molar-refractivity contribution in [2.75, 3.05) is 63.8 Å². The van der Waals surface area contributed by atoms with Gasteiger partial charge in [-0.15, -0.1) is 0 Å². The van der Waals surface area contributed by atoms with Crippen LogP contribution in [0.4, 0.5) is 11.6 Å². The first kappa shape index (κ1) is 31.7. The van der Waals surface area contributed by atoms with Crippen LogP contribution < -0.4 is 15.0 Å². The summed E-state index contributed by atoms with van der Waals surface area (Å²) >= 11 is 6.29. The average molecular weight is 628 g/mol. The van der Waals surface area contributed by atoms with Crippen molar-refractivity contribution in [1.29, 1.82) is 0 Å². The monoisotopic (exact) mass is 627 g/mol. The summed E-state index contributed by atoms with van der Waals surface area (Å²) in [6.45, 7) is 22.3. The Kier molecular flexibility index (Phi) is 10.2. The normalized spacial score (nSPS) is 19.4. The maximum absolute atomic E-state index is 7.38. The van der Waals surface area contributed by atoms with Crippen molar-refractivity contribution in [3.05, 3.63) is 88.0 Å². The van der Waals surface area contributed by atoms with Crippen LogP contribution in [-0.2, 0) is 12.0 Å². The van der Waals surface area contributed by atoms with E-state index in [1.165, 1.54) is 58.4 Å². The van der Waals surface area contributed by atoms with E-state index in [4.69, 9.17) is 27.9 Å². The number of piperazine rings is 1. The fourth-order valence-corrected chi connectivity index (χ4v) is 7.32. The second-order valence-electron chi connectivity index (χ2n) is 13.3. The first-order valence-electron chi connectivity index (χ1n) is 16.5. The Hall–Kier alpha value is -3.22. The van der Waals surface area contributed by atoms with Gasteiger partial charge in [-0.1, -0.05) is 43.6 Å². The van der Waals surface area contributed by atoms with Crippen LogP contribution in [0.2, 0.25) is 5.02 Å². The number of likely N-dealkylation sites (tertiary alicyclic amines) is 1. The number of hydrogen-bond acceptors (Lipinski definition) is 7. The Morgan fingerprint density at radius 2 is 1.67 bits per heavy atom. The highest BCUT2D eigenvalue weighted by molar-refractivity contribution is 6.31. The summed E-state index contributed by atoms with van der Waals surface area (Å²) in [5.41, 5.74) is 3.25. The molecule has 3 aliphatic rings. The van der Waals surface area contributed by atoms with Crippen LogP contribution in [0, 0.1) is 12.5 Å². The van der Waals surface area contributed by atoms with Gasteiger partial charge in [-0.2, -0.15) is 0 Å². The molecule has 6 rings (SSSR count). The van der Waals surface area contributed by atoms with Crippen molar-refractivity contribution in [1.82, 2.24) is 25.1 Å². The third-order valence-corrected chi connectivity index (χ3v) is 10.3. The topological polar surface area (TPSA) is 61.1 Å². The number of aromatic nitrogens is 2. The van der Waals surface area contributed by atoms with Gasteiger partial charge in [0.2, 0.25) is 5.95 Å². The van der Waals surface area contributed by atoms with Gasteiger partial charge >= 0.3 is 0 Å². The van der Waals surface area contributed by atoms with Crippen LogP contribution in [-0.4, -0.2) is 84.7 Å². The van der Waals surface area contributed by atoms with E-state index in [-0.39, 0.29) is 5.41 Å². The molecule has 4 heterocycles. The smallest absolute Gasteiger partial charge is 0.225 e. The molecular weight excluding hydrogens is 582 g/mol. The van der Waals surface area contributed by atoms with E-state index in [0.717, 1.165) is 60.6 Å². The second kappa shape index (κ2) is 14.5. The molecule has 3 saturated heterocycles. The van der Waals surface area contributed by atoms with Gasteiger partial charge in [-0.25, -0.2) is 14.8 Å². The van der Waals surface area contributed by atoms with Gasteiger partial charge < -0.3 is 19.9 Å². The van der Waals surface area contributed by atoms with E-state index < -0.39 is 0 Å². The van der Waals surface area contributed by atoms with Crippen molar-refractivity contribution in [3.63, 3.8) is 0 Å². The molecule has 2 aromatic carbocycles. The Balaban J connectivity index is 0.975. The lowest BCUT2D eigenvalue weighted by Gasteiger charge is -2.43. The maximum atomic E-state index is 7.38. The lowest BCUT2D eigenvalue weighted by atomic mass is 9.78. The standard InChI is InChI=1S/C36H46ClN7O/c1-36(2,29-22-30(37)24-32(23-29)38-3)28-4-6-34(7-5-28)45-26-31-10-15-40-35(41-31)44-20-18-43(19-21-44)33-11-16-42(17-12-33)25-27-8-13-39-14-9-27/h4-7,10,15,22-24,27,33,39H,8-9,11-14,16-21,25-26H2,1-2H3. The maximum Gasteiger partial charge on any atom is 0.225 e. The van der Waals surface area contributed by atoms with E-state index in [1.54, 1.807) is 6.07 Å². The first-order valence-corrected chi connectivity index (χ1v) is 16.9. The number of halogens is 1. The number of anilines is 1. The Morgan fingerprint density at radius 1 is 0.933 bits per heavy atom. The second-order valence-corrected chi connectivity index (χ2v) is 13.8. The van der Waals surface area contributed by atoms with Gasteiger partial charge in [0.15, 0.2) is 5.69 Å². The number of benzene rings is 2. The summed E-state index contributed by atoms with van der Waals surface area (Å²) in [4.78, 5) is 20.8. The highest BCUT2D eigenvalue weighted by atomic mass is 35.5. The van der Waals surface area contributed by atoms with Gasteiger partial charge in [0.05, 0.1) is 12.3 Å². The molecule has 0 spiro atoms.